The Balaban J connectivity index is 1.40. The number of fused-ring (bicyclic) bond motifs is 1. The number of halogens is 2. The van der Waals surface area contributed by atoms with Crippen LogP contribution in [0, 0.1) is 0 Å². The molecule has 0 unspecified atom stereocenters. The molecular weight excluding hydrogens is 495 g/mol. The first kappa shape index (κ1) is 23.9. The summed E-state index contributed by atoms with van der Waals surface area (Å²) < 4.78 is 0. The van der Waals surface area contributed by atoms with Crippen LogP contribution in [-0.2, 0) is 17.6 Å². The first-order valence-corrected chi connectivity index (χ1v) is 12.3. The number of carbonyl (C=O) groups is 1. The average Bonchev–Trinajstić information content (AvgIpc) is 3.46. The van der Waals surface area contributed by atoms with Crippen LogP contribution in [-0.4, -0.2) is 26.1 Å². The van der Waals surface area contributed by atoms with Crippen LogP contribution >= 0.6 is 23.2 Å². The number of nitrogen functional groups attached to an aromatic ring is 1. The van der Waals surface area contributed by atoms with Crippen LogP contribution in [0.5, 0.6) is 0 Å². The highest BCUT2D eigenvalue weighted by Crippen LogP contribution is 2.31. The molecule has 0 fully saturated rings. The molecule has 0 aliphatic carbocycles. The molecule has 0 saturated carbocycles. The summed E-state index contributed by atoms with van der Waals surface area (Å²) in [5, 5.41) is 12.0. The Bertz CT molecular complexity index is 1510. The van der Waals surface area contributed by atoms with Gasteiger partial charge in [0.15, 0.2) is 5.82 Å². The van der Waals surface area contributed by atoms with Gasteiger partial charge in [-0.2, -0.15) is 5.10 Å². The van der Waals surface area contributed by atoms with E-state index in [9.17, 15) is 4.79 Å². The van der Waals surface area contributed by atoms with Gasteiger partial charge in [0.05, 0.1) is 11.6 Å². The van der Waals surface area contributed by atoms with Crippen molar-refractivity contribution < 1.29 is 4.79 Å². The van der Waals surface area contributed by atoms with E-state index in [4.69, 9.17) is 33.9 Å². The van der Waals surface area contributed by atoms with E-state index in [1.54, 1.807) is 0 Å². The SMILES string of the molecule is Nc1n[nH]c2cc(-c3nc([C@H](Cc4ccccc4)NC(=O)CCc4ccccc4Cl)[nH]c3Cl)ccc12. The molecule has 0 bridgehead atoms. The number of aromatic nitrogens is 4. The number of nitrogens with one attached hydrogen (secondary N) is 3. The summed E-state index contributed by atoms with van der Waals surface area (Å²) in [5.41, 5.74) is 10.1. The predicted molar refractivity (Wildman–Crippen MR) is 144 cm³/mol. The fraction of sp³-hybridized carbons (Fsp3) is 0.148. The number of aromatic amines is 2. The quantitative estimate of drug-likeness (QED) is 0.205. The van der Waals surface area contributed by atoms with Gasteiger partial charge in [0, 0.05) is 22.4 Å². The summed E-state index contributed by atoms with van der Waals surface area (Å²) >= 11 is 12.8. The van der Waals surface area contributed by atoms with Gasteiger partial charge in [-0.25, -0.2) is 4.98 Å². The topological polar surface area (TPSA) is 112 Å². The molecule has 5 aromatic rings. The lowest BCUT2D eigenvalue weighted by Gasteiger charge is -2.17. The van der Waals surface area contributed by atoms with Crippen LogP contribution in [0.1, 0.15) is 29.4 Å². The fourth-order valence-electron chi connectivity index (χ4n) is 4.20. The van der Waals surface area contributed by atoms with Gasteiger partial charge in [0.25, 0.3) is 0 Å². The zero-order valence-corrected chi connectivity index (χ0v) is 20.8. The van der Waals surface area contributed by atoms with Gasteiger partial charge in [-0.3, -0.25) is 9.89 Å². The monoisotopic (exact) mass is 518 g/mol. The largest absolute Gasteiger partial charge is 0.382 e. The zero-order valence-electron chi connectivity index (χ0n) is 19.3. The molecule has 1 amide bonds. The number of nitrogens with two attached hydrogens (primary N) is 1. The highest BCUT2D eigenvalue weighted by Gasteiger charge is 2.22. The molecule has 5 N–H and O–H groups in total. The van der Waals surface area contributed by atoms with Crippen LogP contribution in [0.15, 0.2) is 72.8 Å². The number of amides is 1. The number of hydrogen-bond acceptors (Lipinski definition) is 4. The maximum Gasteiger partial charge on any atom is 0.220 e. The van der Waals surface area contributed by atoms with Crippen molar-refractivity contribution in [3.8, 4) is 11.3 Å². The molecule has 5 rings (SSSR count). The maximum atomic E-state index is 13.0. The number of imidazole rings is 1. The van der Waals surface area contributed by atoms with E-state index in [1.807, 2.05) is 72.8 Å². The second-order valence-electron chi connectivity index (χ2n) is 8.56. The van der Waals surface area contributed by atoms with Crippen molar-refractivity contribution >= 4 is 45.8 Å². The summed E-state index contributed by atoms with van der Waals surface area (Å²) in [5.74, 6) is 0.918. The number of rotatable bonds is 8. The Morgan fingerprint density at radius 1 is 1.03 bits per heavy atom. The Morgan fingerprint density at radius 3 is 2.61 bits per heavy atom. The molecule has 0 radical (unpaired) electrons. The van der Waals surface area contributed by atoms with Crippen molar-refractivity contribution in [3.05, 3.63) is 99.9 Å². The molecule has 7 nitrogen and oxygen atoms in total. The van der Waals surface area contributed by atoms with Crippen molar-refractivity contribution in [1.29, 1.82) is 0 Å². The second-order valence-corrected chi connectivity index (χ2v) is 9.34. The number of carbonyl (C=O) groups excluding carboxylic acids is 1. The summed E-state index contributed by atoms with van der Waals surface area (Å²) in [7, 11) is 0. The molecule has 0 aliphatic heterocycles. The molecule has 0 saturated heterocycles. The second kappa shape index (κ2) is 10.4. The van der Waals surface area contributed by atoms with E-state index in [2.05, 4.69) is 20.5 Å². The summed E-state index contributed by atoms with van der Waals surface area (Å²) in [4.78, 5) is 20.9. The molecule has 0 aliphatic rings. The summed E-state index contributed by atoms with van der Waals surface area (Å²) in [6.45, 7) is 0. The van der Waals surface area contributed by atoms with Gasteiger partial charge < -0.3 is 16.0 Å². The lowest BCUT2D eigenvalue weighted by molar-refractivity contribution is -0.121. The van der Waals surface area contributed by atoms with Gasteiger partial charge in [-0.1, -0.05) is 77.8 Å². The third-order valence-corrected chi connectivity index (χ3v) is 6.71. The van der Waals surface area contributed by atoms with Gasteiger partial charge >= 0.3 is 0 Å². The number of aryl methyl sites for hydroxylation is 1. The lowest BCUT2D eigenvalue weighted by atomic mass is 10.0. The molecule has 36 heavy (non-hydrogen) atoms. The summed E-state index contributed by atoms with van der Waals surface area (Å²) in [6.07, 6.45) is 1.40. The number of benzene rings is 3. The van der Waals surface area contributed by atoms with Gasteiger partial charge in [-0.15, -0.1) is 0 Å². The first-order valence-electron chi connectivity index (χ1n) is 11.5. The van der Waals surface area contributed by atoms with E-state index in [-0.39, 0.29) is 5.91 Å². The smallest absolute Gasteiger partial charge is 0.220 e. The third-order valence-electron chi connectivity index (χ3n) is 6.07. The minimum atomic E-state index is -0.399. The van der Waals surface area contributed by atoms with E-state index in [0.717, 1.165) is 27.6 Å². The van der Waals surface area contributed by atoms with E-state index < -0.39 is 6.04 Å². The van der Waals surface area contributed by atoms with Crippen LogP contribution in [0.2, 0.25) is 10.2 Å². The van der Waals surface area contributed by atoms with E-state index in [0.29, 0.717) is 46.8 Å². The van der Waals surface area contributed by atoms with Crippen molar-refractivity contribution in [3.63, 3.8) is 0 Å². The van der Waals surface area contributed by atoms with Crippen LogP contribution in [0.4, 0.5) is 5.82 Å². The minimum Gasteiger partial charge on any atom is -0.382 e. The predicted octanol–water partition coefficient (Wildman–Crippen LogP) is 5.87. The van der Waals surface area contributed by atoms with Gasteiger partial charge in [0.2, 0.25) is 5.91 Å². The molecule has 1 atom stereocenters. The molecule has 3 aromatic carbocycles. The zero-order chi connectivity index (χ0) is 25.1. The van der Waals surface area contributed by atoms with Crippen LogP contribution in [0.25, 0.3) is 22.2 Å². The van der Waals surface area contributed by atoms with Crippen LogP contribution in [0.3, 0.4) is 0 Å². The number of H-pyrrole nitrogens is 2. The normalized spacial score (nSPS) is 12.1. The average molecular weight is 519 g/mol. The summed E-state index contributed by atoms with van der Waals surface area (Å²) in [6, 6.07) is 22.8. The molecule has 182 valence electrons. The van der Waals surface area contributed by atoms with Crippen molar-refractivity contribution in [2.24, 2.45) is 0 Å². The lowest BCUT2D eigenvalue weighted by Crippen LogP contribution is -2.31. The van der Waals surface area contributed by atoms with Crippen molar-refractivity contribution in [1.82, 2.24) is 25.5 Å². The van der Waals surface area contributed by atoms with E-state index >= 15 is 0 Å². The Hall–Kier alpha value is -3.81. The Morgan fingerprint density at radius 2 is 1.81 bits per heavy atom. The molecule has 9 heteroatoms. The molecule has 2 heterocycles. The standard InChI is InChI=1S/C27H24Cl2N6O/c28-20-9-5-4-8-17(20)11-13-23(36)31-22(14-16-6-2-1-3-7-16)27-32-24(25(29)33-27)18-10-12-19-21(15-18)34-35-26(19)30/h1-10,12,15,22H,11,13-14H2,(H,31,36)(H,32,33)(H3,30,34,35)/t22-/m0/s1. The molecular formula is C27H24Cl2N6O. The molecule has 2 aromatic heterocycles. The number of nitrogens with zero attached hydrogens (tertiary/aromatic N) is 2. The molecule has 0 spiro atoms. The maximum absolute atomic E-state index is 13.0. The van der Waals surface area contributed by atoms with Crippen LogP contribution < -0.4 is 11.1 Å². The number of hydrogen-bond donors (Lipinski definition) is 4. The highest BCUT2D eigenvalue weighted by molar-refractivity contribution is 6.32. The van der Waals surface area contributed by atoms with E-state index in [1.165, 1.54) is 0 Å². The first-order chi connectivity index (χ1) is 17.5. The Kier molecular flexibility index (Phi) is 6.93. The van der Waals surface area contributed by atoms with Gasteiger partial charge in [0.1, 0.15) is 16.7 Å². The minimum absolute atomic E-state index is 0.0979. The van der Waals surface area contributed by atoms with Crippen molar-refractivity contribution in [2.75, 3.05) is 5.73 Å². The highest BCUT2D eigenvalue weighted by atomic mass is 35.5. The third kappa shape index (κ3) is 5.22. The van der Waals surface area contributed by atoms with Gasteiger partial charge in [-0.05, 0) is 42.2 Å². The Labute approximate surface area is 218 Å². The number of anilines is 1. The fourth-order valence-corrected chi connectivity index (χ4v) is 4.67. The van der Waals surface area contributed by atoms with Crippen molar-refractivity contribution in [2.45, 2.75) is 25.3 Å².